The lowest BCUT2D eigenvalue weighted by molar-refractivity contribution is -0.115. The van der Waals surface area contributed by atoms with Crippen molar-refractivity contribution in [2.45, 2.75) is 39.0 Å². The lowest BCUT2D eigenvalue weighted by Gasteiger charge is -2.30. The van der Waals surface area contributed by atoms with Crippen LogP contribution in [0.4, 0.5) is 5.69 Å². The standard InChI is InChI=1S/C24H26N4O3/c1-3-21(29)25-20-6-4-5-19(15-20)22-26-23(31-27-22)17-11-13-28(14-12-17)24(30)18-9-7-16(2)8-10-18/h4-10,15,17H,3,11-14H2,1-2H3,(H,25,29). The number of anilines is 1. The third kappa shape index (κ3) is 4.82. The molecule has 1 aromatic heterocycles. The molecule has 160 valence electrons. The first-order chi connectivity index (χ1) is 15.0. The number of amides is 2. The number of carbonyl (C=O) groups excluding carboxylic acids is 2. The van der Waals surface area contributed by atoms with Crippen LogP contribution >= 0.6 is 0 Å². The minimum Gasteiger partial charge on any atom is -0.339 e. The number of nitrogens with one attached hydrogen (secondary N) is 1. The Bertz CT molecular complexity index is 1070. The number of nitrogens with zero attached hydrogens (tertiary/aromatic N) is 3. The van der Waals surface area contributed by atoms with E-state index in [1.807, 2.05) is 67.3 Å². The molecule has 2 heterocycles. The summed E-state index contributed by atoms with van der Waals surface area (Å²) in [6.45, 7) is 5.14. The van der Waals surface area contributed by atoms with E-state index in [1.54, 1.807) is 0 Å². The quantitative estimate of drug-likeness (QED) is 0.663. The molecule has 1 saturated heterocycles. The largest absolute Gasteiger partial charge is 0.339 e. The number of aryl methyl sites for hydroxylation is 1. The van der Waals surface area contributed by atoms with E-state index < -0.39 is 0 Å². The zero-order valence-electron chi connectivity index (χ0n) is 17.8. The Morgan fingerprint density at radius 2 is 1.87 bits per heavy atom. The summed E-state index contributed by atoms with van der Waals surface area (Å²) in [6.07, 6.45) is 1.99. The molecule has 1 aliphatic heterocycles. The molecule has 0 bridgehead atoms. The van der Waals surface area contributed by atoms with Crippen LogP contribution in [0.5, 0.6) is 0 Å². The number of hydrogen-bond donors (Lipinski definition) is 1. The molecule has 1 fully saturated rings. The van der Waals surface area contributed by atoms with E-state index in [-0.39, 0.29) is 17.7 Å². The summed E-state index contributed by atoms with van der Waals surface area (Å²) >= 11 is 0. The van der Waals surface area contributed by atoms with Crippen molar-refractivity contribution in [2.75, 3.05) is 18.4 Å². The summed E-state index contributed by atoms with van der Waals surface area (Å²) in [4.78, 5) is 30.8. The average Bonchev–Trinajstić information content (AvgIpc) is 3.30. The molecule has 0 radical (unpaired) electrons. The number of carbonyl (C=O) groups is 2. The van der Waals surface area contributed by atoms with Gasteiger partial charge in [0.15, 0.2) is 0 Å². The van der Waals surface area contributed by atoms with Crippen LogP contribution in [0.1, 0.15) is 53.9 Å². The molecule has 4 rings (SSSR count). The Balaban J connectivity index is 1.39. The highest BCUT2D eigenvalue weighted by Gasteiger charge is 2.28. The summed E-state index contributed by atoms with van der Waals surface area (Å²) in [5, 5.41) is 6.97. The monoisotopic (exact) mass is 418 g/mol. The molecule has 7 nitrogen and oxygen atoms in total. The number of aromatic nitrogens is 2. The fourth-order valence-electron chi connectivity index (χ4n) is 3.71. The Hall–Kier alpha value is -3.48. The predicted octanol–water partition coefficient (Wildman–Crippen LogP) is 4.41. The third-order valence-corrected chi connectivity index (χ3v) is 5.60. The van der Waals surface area contributed by atoms with Crippen molar-refractivity contribution in [3.8, 4) is 11.4 Å². The van der Waals surface area contributed by atoms with Crippen molar-refractivity contribution in [3.05, 3.63) is 65.5 Å². The van der Waals surface area contributed by atoms with Gasteiger partial charge in [0.25, 0.3) is 5.91 Å². The molecule has 0 atom stereocenters. The van der Waals surface area contributed by atoms with Crippen molar-refractivity contribution >= 4 is 17.5 Å². The number of piperidine rings is 1. The molecule has 0 saturated carbocycles. The summed E-state index contributed by atoms with van der Waals surface area (Å²) in [5.41, 5.74) is 3.36. The van der Waals surface area contributed by atoms with E-state index in [9.17, 15) is 9.59 Å². The van der Waals surface area contributed by atoms with Gasteiger partial charge in [0.1, 0.15) is 0 Å². The van der Waals surface area contributed by atoms with Crippen molar-refractivity contribution in [2.24, 2.45) is 0 Å². The predicted molar refractivity (Wildman–Crippen MR) is 118 cm³/mol. The van der Waals surface area contributed by atoms with E-state index in [0.717, 1.165) is 29.5 Å². The first kappa shape index (κ1) is 20.8. The first-order valence-electron chi connectivity index (χ1n) is 10.6. The van der Waals surface area contributed by atoms with Crippen LogP contribution in [0.25, 0.3) is 11.4 Å². The second kappa shape index (κ2) is 9.12. The third-order valence-electron chi connectivity index (χ3n) is 5.60. The van der Waals surface area contributed by atoms with Gasteiger partial charge in [0.05, 0.1) is 0 Å². The summed E-state index contributed by atoms with van der Waals surface area (Å²) in [7, 11) is 0. The highest BCUT2D eigenvalue weighted by Crippen LogP contribution is 2.29. The molecule has 0 spiro atoms. The maximum absolute atomic E-state index is 12.7. The van der Waals surface area contributed by atoms with Gasteiger partial charge in [-0.15, -0.1) is 0 Å². The van der Waals surface area contributed by atoms with Crippen molar-refractivity contribution in [3.63, 3.8) is 0 Å². The van der Waals surface area contributed by atoms with Crippen molar-refractivity contribution < 1.29 is 14.1 Å². The molecule has 7 heteroatoms. The maximum Gasteiger partial charge on any atom is 0.253 e. The Labute approximate surface area is 181 Å². The Morgan fingerprint density at radius 3 is 2.58 bits per heavy atom. The van der Waals surface area contributed by atoms with Crippen LogP contribution in [-0.4, -0.2) is 39.9 Å². The topological polar surface area (TPSA) is 88.3 Å². The minimum atomic E-state index is -0.0436. The highest BCUT2D eigenvalue weighted by molar-refractivity contribution is 5.94. The minimum absolute atomic E-state index is 0.0436. The second-order valence-electron chi connectivity index (χ2n) is 7.87. The molecular formula is C24H26N4O3. The van der Waals surface area contributed by atoms with Crippen LogP contribution in [0.2, 0.25) is 0 Å². The Kier molecular flexibility index (Phi) is 6.11. The van der Waals surface area contributed by atoms with Crippen molar-refractivity contribution in [1.82, 2.24) is 15.0 Å². The number of rotatable bonds is 5. The fourth-order valence-corrected chi connectivity index (χ4v) is 3.71. The Morgan fingerprint density at radius 1 is 1.13 bits per heavy atom. The van der Waals surface area contributed by atoms with E-state index >= 15 is 0 Å². The number of hydrogen-bond acceptors (Lipinski definition) is 5. The molecule has 0 aliphatic carbocycles. The lowest BCUT2D eigenvalue weighted by atomic mass is 9.96. The zero-order valence-corrected chi connectivity index (χ0v) is 17.8. The number of benzene rings is 2. The van der Waals surface area contributed by atoms with E-state index in [0.29, 0.717) is 36.9 Å². The van der Waals surface area contributed by atoms with Gasteiger partial charge in [0.2, 0.25) is 17.6 Å². The smallest absolute Gasteiger partial charge is 0.253 e. The van der Waals surface area contributed by atoms with E-state index in [4.69, 9.17) is 4.52 Å². The van der Waals surface area contributed by atoms with E-state index in [2.05, 4.69) is 15.5 Å². The fraction of sp³-hybridized carbons (Fsp3) is 0.333. The van der Waals surface area contributed by atoms with Crippen molar-refractivity contribution in [1.29, 1.82) is 0 Å². The second-order valence-corrected chi connectivity index (χ2v) is 7.87. The lowest BCUT2D eigenvalue weighted by Crippen LogP contribution is -2.38. The highest BCUT2D eigenvalue weighted by atomic mass is 16.5. The van der Waals surface area contributed by atoms with Crippen LogP contribution in [-0.2, 0) is 4.79 Å². The molecule has 1 N–H and O–H groups in total. The van der Waals surface area contributed by atoms with Gasteiger partial charge in [-0.25, -0.2) is 0 Å². The molecule has 1 aliphatic rings. The molecule has 31 heavy (non-hydrogen) atoms. The van der Waals surface area contributed by atoms with Gasteiger partial charge in [-0.05, 0) is 44.0 Å². The summed E-state index contributed by atoms with van der Waals surface area (Å²) in [5.74, 6) is 1.25. The molecule has 2 aromatic carbocycles. The van der Waals surface area contributed by atoms with Gasteiger partial charge in [-0.3, -0.25) is 9.59 Å². The van der Waals surface area contributed by atoms with Crippen LogP contribution in [0.15, 0.2) is 53.1 Å². The van der Waals surface area contributed by atoms with Gasteiger partial charge < -0.3 is 14.7 Å². The van der Waals surface area contributed by atoms with Gasteiger partial charge in [-0.1, -0.05) is 41.9 Å². The van der Waals surface area contributed by atoms with Gasteiger partial charge >= 0.3 is 0 Å². The molecule has 0 unspecified atom stereocenters. The average molecular weight is 418 g/mol. The summed E-state index contributed by atoms with van der Waals surface area (Å²) in [6, 6.07) is 15.1. The molecule has 2 amide bonds. The van der Waals surface area contributed by atoms with Crippen LogP contribution < -0.4 is 5.32 Å². The molecule has 3 aromatic rings. The van der Waals surface area contributed by atoms with E-state index in [1.165, 1.54) is 0 Å². The first-order valence-corrected chi connectivity index (χ1v) is 10.6. The van der Waals surface area contributed by atoms with Gasteiger partial charge in [0, 0.05) is 42.2 Å². The SMILES string of the molecule is CCC(=O)Nc1cccc(-c2noc(C3CCN(C(=O)c4ccc(C)cc4)CC3)n2)c1. The normalized spacial score (nSPS) is 14.5. The number of likely N-dealkylation sites (tertiary alicyclic amines) is 1. The zero-order chi connectivity index (χ0) is 21.8. The summed E-state index contributed by atoms with van der Waals surface area (Å²) < 4.78 is 5.54. The van der Waals surface area contributed by atoms with Crippen LogP contribution in [0.3, 0.4) is 0 Å². The van der Waals surface area contributed by atoms with Crippen LogP contribution in [0, 0.1) is 6.92 Å². The molecular weight excluding hydrogens is 392 g/mol. The maximum atomic E-state index is 12.7. The van der Waals surface area contributed by atoms with Gasteiger partial charge in [-0.2, -0.15) is 4.98 Å².